The number of pyridine rings is 1. The molecule has 6 nitrogen and oxygen atoms in total. The number of hydrogen-bond donors (Lipinski definition) is 3. The van der Waals surface area contributed by atoms with Crippen molar-refractivity contribution in [3.63, 3.8) is 0 Å². The number of anilines is 2. The van der Waals surface area contributed by atoms with Gasteiger partial charge >= 0.3 is 5.97 Å². The zero-order valence-corrected chi connectivity index (χ0v) is 17.5. The van der Waals surface area contributed by atoms with Gasteiger partial charge in [-0.3, -0.25) is 0 Å². The molecule has 3 N–H and O–H groups in total. The van der Waals surface area contributed by atoms with Gasteiger partial charge in [0.15, 0.2) is 0 Å². The van der Waals surface area contributed by atoms with Crippen molar-refractivity contribution in [2.75, 3.05) is 12.4 Å². The lowest BCUT2D eigenvalue weighted by Gasteiger charge is -2.20. The first-order valence-corrected chi connectivity index (χ1v) is 10.2. The molecule has 0 bridgehead atoms. The summed E-state index contributed by atoms with van der Waals surface area (Å²) >= 11 is 5.96. The minimum Gasteiger partial charge on any atom is -0.478 e. The molecule has 0 unspecified atom stereocenters. The van der Waals surface area contributed by atoms with Crippen LogP contribution < -0.4 is 10.6 Å². The molecule has 1 fully saturated rings. The van der Waals surface area contributed by atoms with Crippen LogP contribution in [-0.2, 0) is 7.05 Å². The molecule has 0 saturated heterocycles. The number of aryl methyl sites for hydroxylation is 1. The third-order valence-corrected chi connectivity index (χ3v) is 5.47. The van der Waals surface area contributed by atoms with Crippen molar-refractivity contribution in [2.45, 2.75) is 38.1 Å². The fourth-order valence-corrected chi connectivity index (χ4v) is 3.86. The lowest BCUT2D eigenvalue weighted by Crippen LogP contribution is -2.26. The average molecular weight is 415 g/mol. The molecule has 0 aliphatic heterocycles. The number of rotatable bonds is 4. The van der Waals surface area contributed by atoms with Crippen LogP contribution in [0.1, 0.15) is 42.5 Å². The van der Waals surface area contributed by atoms with E-state index >= 15 is 0 Å². The van der Waals surface area contributed by atoms with Gasteiger partial charge in [0.1, 0.15) is 11.4 Å². The van der Waals surface area contributed by atoms with Crippen LogP contribution in [0.4, 0.5) is 11.5 Å². The number of aromatic nitrogens is 2. The maximum Gasteiger partial charge on any atom is 0.339 e. The number of fused-ring (bicyclic) bond motifs is 1. The lowest BCUT2D eigenvalue weighted by atomic mass is 9.96. The third-order valence-electron chi connectivity index (χ3n) is 5.24. The van der Waals surface area contributed by atoms with Gasteiger partial charge in [0.25, 0.3) is 0 Å². The van der Waals surface area contributed by atoms with E-state index in [1.54, 1.807) is 23.7 Å². The van der Waals surface area contributed by atoms with Crippen LogP contribution in [-0.4, -0.2) is 33.7 Å². The summed E-state index contributed by atoms with van der Waals surface area (Å²) in [6.45, 7) is 0. The molecular formula is C22H27ClN4O2. The van der Waals surface area contributed by atoms with Gasteiger partial charge in [0.2, 0.25) is 0 Å². The summed E-state index contributed by atoms with van der Waals surface area (Å²) in [5.74, 6) is -0.401. The van der Waals surface area contributed by atoms with Gasteiger partial charge < -0.3 is 20.3 Å². The van der Waals surface area contributed by atoms with Gasteiger partial charge in [-0.1, -0.05) is 36.9 Å². The average Bonchev–Trinajstić information content (AvgIpc) is 3.11. The standard InChI is InChI=1S/C15H12ClN3O2.C7H15N/c1-19-6-5-11-13(19)12(15(20)21)8-17-14(11)18-10-4-2-3-9(16)7-10;1-8-7-5-3-2-4-6-7/h2-8H,1H3,(H,17,18)(H,20,21);7-8H,2-6H2,1H3. The summed E-state index contributed by atoms with van der Waals surface area (Å²) in [4.78, 5) is 15.5. The van der Waals surface area contributed by atoms with Crippen molar-refractivity contribution < 1.29 is 9.90 Å². The van der Waals surface area contributed by atoms with E-state index in [1.165, 1.54) is 38.3 Å². The Balaban J connectivity index is 0.000000252. The number of hydrogen-bond acceptors (Lipinski definition) is 4. The Morgan fingerprint density at radius 3 is 2.62 bits per heavy atom. The summed E-state index contributed by atoms with van der Waals surface area (Å²) in [7, 11) is 3.87. The first kappa shape index (κ1) is 21.1. The monoisotopic (exact) mass is 414 g/mol. The van der Waals surface area contributed by atoms with Gasteiger partial charge in [-0.15, -0.1) is 0 Å². The number of nitrogens with one attached hydrogen (secondary N) is 2. The lowest BCUT2D eigenvalue weighted by molar-refractivity contribution is 0.0698. The molecular weight excluding hydrogens is 388 g/mol. The Bertz CT molecular complexity index is 980. The summed E-state index contributed by atoms with van der Waals surface area (Å²) in [6, 6.07) is 9.94. The first-order chi connectivity index (χ1) is 14.0. The molecule has 0 spiro atoms. The maximum absolute atomic E-state index is 11.3. The van der Waals surface area contributed by atoms with Crippen LogP contribution in [0.3, 0.4) is 0 Å². The molecule has 7 heteroatoms. The smallest absolute Gasteiger partial charge is 0.339 e. The van der Waals surface area contributed by atoms with Crippen molar-refractivity contribution in [2.24, 2.45) is 7.05 Å². The number of carboxylic acid groups (broad SMARTS) is 1. The molecule has 1 saturated carbocycles. The molecule has 0 radical (unpaired) electrons. The molecule has 1 aromatic carbocycles. The Hall–Kier alpha value is -2.57. The molecule has 0 amide bonds. The Kier molecular flexibility index (Phi) is 7.12. The predicted octanol–water partition coefficient (Wildman–Crippen LogP) is 5.21. The molecule has 154 valence electrons. The Morgan fingerprint density at radius 1 is 1.24 bits per heavy atom. The zero-order chi connectivity index (χ0) is 20.8. The number of benzene rings is 1. The van der Waals surface area contributed by atoms with E-state index in [0.29, 0.717) is 16.4 Å². The summed E-state index contributed by atoms with van der Waals surface area (Å²) in [5.41, 5.74) is 1.60. The molecule has 2 heterocycles. The van der Waals surface area contributed by atoms with Gasteiger partial charge in [-0.2, -0.15) is 0 Å². The molecule has 1 aliphatic carbocycles. The number of carbonyl (C=O) groups is 1. The van der Waals surface area contributed by atoms with E-state index in [2.05, 4.69) is 22.7 Å². The second kappa shape index (κ2) is 9.76. The van der Waals surface area contributed by atoms with Crippen molar-refractivity contribution in [3.05, 3.63) is 53.3 Å². The predicted molar refractivity (Wildman–Crippen MR) is 118 cm³/mol. The van der Waals surface area contributed by atoms with Crippen molar-refractivity contribution in [1.82, 2.24) is 14.9 Å². The highest BCUT2D eigenvalue weighted by Crippen LogP contribution is 2.28. The summed E-state index contributed by atoms with van der Waals surface area (Å²) < 4.78 is 1.77. The quantitative estimate of drug-likeness (QED) is 0.546. The second-order valence-electron chi connectivity index (χ2n) is 7.27. The van der Waals surface area contributed by atoms with Crippen LogP contribution in [0.15, 0.2) is 42.7 Å². The minimum atomic E-state index is -0.997. The largest absolute Gasteiger partial charge is 0.478 e. The van der Waals surface area contributed by atoms with E-state index in [-0.39, 0.29) is 5.56 Å². The van der Waals surface area contributed by atoms with Crippen LogP contribution in [0, 0.1) is 0 Å². The van der Waals surface area contributed by atoms with E-state index < -0.39 is 5.97 Å². The molecule has 1 aliphatic rings. The minimum absolute atomic E-state index is 0.175. The SMILES string of the molecule is CNC1CCCCC1.Cn1ccc2c(Nc3cccc(Cl)c3)ncc(C(=O)O)c21. The number of carboxylic acids is 1. The highest BCUT2D eigenvalue weighted by Gasteiger charge is 2.15. The highest BCUT2D eigenvalue weighted by atomic mass is 35.5. The molecule has 29 heavy (non-hydrogen) atoms. The first-order valence-electron chi connectivity index (χ1n) is 9.86. The van der Waals surface area contributed by atoms with Gasteiger partial charge in [-0.05, 0) is 44.2 Å². The van der Waals surface area contributed by atoms with Crippen LogP contribution in [0.2, 0.25) is 5.02 Å². The van der Waals surface area contributed by atoms with Crippen molar-refractivity contribution in [1.29, 1.82) is 0 Å². The van der Waals surface area contributed by atoms with E-state index in [0.717, 1.165) is 17.1 Å². The normalized spacial score (nSPS) is 14.3. The Labute approximate surface area is 175 Å². The van der Waals surface area contributed by atoms with Gasteiger partial charge in [0, 0.05) is 41.6 Å². The number of aromatic carboxylic acids is 1. The molecule has 4 rings (SSSR count). The number of nitrogens with zero attached hydrogens (tertiary/aromatic N) is 2. The highest BCUT2D eigenvalue weighted by molar-refractivity contribution is 6.30. The summed E-state index contributed by atoms with van der Waals surface area (Å²) in [6.07, 6.45) is 10.3. The van der Waals surface area contributed by atoms with Crippen LogP contribution in [0.5, 0.6) is 0 Å². The third kappa shape index (κ3) is 5.28. The molecule has 2 aromatic heterocycles. The van der Waals surface area contributed by atoms with E-state index in [9.17, 15) is 9.90 Å². The topological polar surface area (TPSA) is 79.2 Å². The second-order valence-corrected chi connectivity index (χ2v) is 7.71. The van der Waals surface area contributed by atoms with Crippen LogP contribution in [0.25, 0.3) is 10.9 Å². The number of halogens is 1. The fraction of sp³-hybridized carbons (Fsp3) is 0.364. The van der Waals surface area contributed by atoms with E-state index in [1.807, 2.05) is 24.4 Å². The fourth-order valence-electron chi connectivity index (χ4n) is 3.67. The van der Waals surface area contributed by atoms with Crippen molar-refractivity contribution in [3.8, 4) is 0 Å². The summed E-state index contributed by atoms with van der Waals surface area (Å²) in [5, 5.41) is 17.1. The van der Waals surface area contributed by atoms with Gasteiger partial charge in [0.05, 0.1) is 5.52 Å². The van der Waals surface area contributed by atoms with Gasteiger partial charge in [-0.25, -0.2) is 9.78 Å². The maximum atomic E-state index is 11.3. The molecule has 3 aromatic rings. The molecule has 0 atom stereocenters. The Morgan fingerprint density at radius 2 is 2.00 bits per heavy atom. The van der Waals surface area contributed by atoms with E-state index in [4.69, 9.17) is 11.6 Å². The zero-order valence-electron chi connectivity index (χ0n) is 16.8. The van der Waals surface area contributed by atoms with Crippen molar-refractivity contribution >= 4 is 40.0 Å². The van der Waals surface area contributed by atoms with Crippen LogP contribution >= 0.6 is 11.6 Å².